The number of unbranched alkanes of at least 4 members (excludes halogenated alkanes) is 1. The van der Waals surface area contributed by atoms with Crippen LogP contribution in [0.25, 0.3) is 0 Å². The van der Waals surface area contributed by atoms with Gasteiger partial charge in [-0.25, -0.2) is 9.37 Å². The van der Waals surface area contributed by atoms with E-state index in [1.165, 1.54) is 6.07 Å². The molecule has 0 aliphatic heterocycles. The molecule has 0 spiro atoms. The molecule has 7 nitrogen and oxygen atoms in total. The fraction of sp³-hybridized carbons (Fsp3) is 0.462. The number of halogens is 2. The fourth-order valence-corrected chi connectivity index (χ4v) is 2.05. The number of hydrogen-bond donors (Lipinski definition) is 3. The van der Waals surface area contributed by atoms with Crippen molar-refractivity contribution in [1.82, 2.24) is 10.3 Å². The first kappa shape index (κ1) is 26.1. The average molecular weight is 437 g/mol. The average Bonchev–Trinajstić information content (AvgIpc) is 2.33. The van der Waals surface area contributed by atoms with Gasteiger partial charge in [-0.3, -0.25) is 13.9 Å². The monoisotopic (exact) mass is 436 g/mol. The van der Waals surface area contributed by atoms with E-state index in [-0.39, 0.29) is 41.2 Å². The molecule has 0 aromatic carbocycles. The van der Waals surface area contributed by atoms with Crippen molar-refractivity contribution in [2.45, 2.75) is 38.6 Å². The van der Waals surface area contributed by atoms with Crippen molar-refractivity contribution in [1.29, 1.82) is 0 Å². The minimum atomic E-state index is -4.67. The molecule has 24 heavy (non-hydrogen) atoms. The molecule has 3 N–H and O–H groups in total. The number of aromatic nitrogens is 1. The zero-order valence-corrected chi connectivity index (χ0v) is 18.1. The summed E-state index contributed by atoms with van der Waals surface area (Å²) in [5.41, 5.74) is -0.370. The number of rotatable bonds is 5. The van der Waals surface area contributed by atoms with Gasteiger partial charge in [-0.1, -0.05) is 38.6 Å². The molecular weight excluding hydrogens is 418 g/mol. The predicted molar refractivity (Wildman–Crippen MR) is 86.8 cm³/mol. The molecule has 0 aliphatic carbocycles. The van der Waals surface area contributed by atoms with Crippen molar-refractivity contribution in [2.75, 3.05) is 0 Å². The Morgan fingerprint density at radius 3 is 2.42 bits per heavy atom. The summed E-state index contributed by atoms with van der Waals surface area (Å²) in [4.78, 5) is 15.8. The van der Waals surface area contributed by atoms with E-state index in [2.05, 4.69) is 40.1 Å². The predicted octanol–water partition coefficient (Wildman–Crippen LogP) is -0.153. The van der Waals surface area contributed by atoms with Gasteiger partial charge >= 0.3 is 40.0 Å². The van der Waals surface area contributed by atoms with E-state index in [0.29, 0.717) is 4.47 Å². The second kappa shape index (κ2) is 11.5. The third kappa shape index (κ3) is 13.2. The zero-order valence-electron chi connectivity index (χ0n) is 13.7. The van der Waals surface area contributed by atoms with Crippen LogP contribution in [0.1, 0.15) is 43.6 Å². The Balaban J connectivity index is 0. The number of carbonyl (C=O) groups is 1. The smallest absolute Gasteiger partial charge is 0.375 e. The third-order valence-corrected chi connectivity index (χ3v) is 3.12. The second-order valence-electron chi connectivity index (χ2n) is 5.05. The maximum atomic E-state index is 12.9. The second-order valence-corrected chi connectivity index (χ2v) is 6.80. The van der Waals surface area contributed by atoms with E-state index in [9.17, 15) is 9.18 Å². The summed E-state index contributed by atoms with van der Waals surface area (Å²) in [6.45, 7) is 7.91. The Bertz CT molecular complexity index is 635. The van der Waals surface area contributed by atoms with Gasteiger partial charge in [0.05, 0.1) is 10.7 Å². The summed E-state index contributed by atoms with van der Waals surface area (Å²) >= 11 is 3.12. The van der Waals surface area contributed by atoms with Gasteiger partial charge < -0.3 is 12.2 Å². The maximum absolute atomic E-state index is 12.9. The summed E-state index contributed by atoms with van der Waals surface area (Å²) in [6.07, 6.45) is 3.83. The minimum Gasteiger partial charge on any atom is -0.375 e. The third-order valence-electron chi connectivity index (χ3n) is 2.52. The van der Waals surface area contributed by atoms with Gasteiger partial charge in [0.1, 0.15) is 11.5 Å². The number of amides is 1. The van der Waals surface area contributed by atoms with Crippen molar-refractivity contribution in [3.8, 4) is 0 Å². The topological polar surface area (TPSA) is 117 Å². The molecule has 0 aliphatic rings. The van der Waals surface area contributed by atoms with Gasteiger partial charge in [-0.2, -0.15) is 8.42 Å². The molecule has 1 aromatic rings. The molecule has 132 valence electrons. The van der Waals surface area contributed by atoms with Crippen LogP contribution in [0, 0.1) is 12.7 Å². The van der Waals surface area contributed by atoms with Crippen molar-refractivity contribution >= 4 is 32.2 Å². The summed E-state index contributed by atoms with van der Waals surface area (Å²) < 4.78 is 44.8. The van der Waals surface area contributed by atoms with Crippen LogP contribution in [-0.4, -0.2) is 34.0 Å². The Hall–Kier alpha value is -0.100. The summed E-state index contributed by atoms with van der Waals surface area (Å²) in [5, 5.41) is 2.80. The molecule has 0 radical (unpaired) electrons. The normalized spacial score (nSPS) is 13.0. The van der Waals surface area contributed by atoms with E-state index < -0.39 is 21.8 Å². The Labute approximate surface area is 171 Å². The maximum Gasteiger partial charge on any atom is 1.00 e. The van der Waals surface area contributed by atoms with Crippen LogP contribution in [0.15, 0.2) is 16.7 Å². The first-order valence-electron chi connectivity index (χ1n) is 6.54. The van der Waals surface area contributed by atoms with Crippen molar-refractivity contribution in [2.24, 2.45) is 0 Å². The molecule has 1 heterocycles. The molecule has 0 saturated carbocycles. The van der Waals surface area contributed by atoms with E-state index in [0.717, 1.165) is 25.5 Å². The van der Waals surface area contributed by atoms with Crippen molar-refractivity contribution < 1.29 is 56.3 Å². The molecule has 0 bridgehead atoms. The molecule has 1 atom stereocenters. The Morgan fingerprint density at radius 2 is 2.00 bits per heavy atom. The van der Waals surface area contributed by atoms with Gasteiger partial charge in [-0.05, 0) is 22.0 Å². The van der Waals surface area contributed by atoms with Gasteiger partial charge in [0, 0.05) is 0 Å². The number of nitrogens with one attached hydrogen (secondary N) is 1. The molecule has 1 rings (SSSR count). The summed E-state index contributed by atoms with van der Waals surface area (Å²) in [7, 11) is -4.67. The summed E-state index contributed by atoms with van der Waals surface area (Å²) in [6, 6.07) is 1.22. The molecule has 11 heteroatoms. The Kier molecular flexibility index (Phi) is 12.5. The van der Waals surface area contributed by atoms with Gasteiger partial charge in [-0.15, -0.1) is 0 Å². The summed E-state index contributed by atoms with van der Waals surface area (Å²) in [5.74, 6) is -0.836. The Morgan fingerprint density at radius 1 is 1.50 bits per heavy atom. The number of carbonyl (C=O) groups excluding carboxylic acids is 1. The number of nitrogens with zero attached hydrogens (tertiary/aromatic N) is 1. The number of pyridine rings is 1. The zero-order chi connectivity index (χ0) is 18.3. The number of hydrogen-bond acceptors (Lipinski definition) is 4. The van der Waals surface area contributed by atoms with Crippen LogP contribution in [0.4, 0.5) is 4.39 Å². The standard InChI is InChI=1S/C13H17BrFN2O.Na.H2O4S/c1-4-5-6-13(2,3)17-12(18)11-10(14)7-9(15)8-16-11;;1-5(2,3)4/h7-8H,2,4-6H2,1,3H3,(H,17,18);;(H2,1,2,3,4)/q-1;+1;/t13-;;/m1../s1. The van der Waals surface area contributed by atoms with E-state index in [1.54, 1.807) is 0 Å². The van der Waals surface area contributed by atoms with Crippen LogP contribution in [0.5, 0.6) is 0 Å². The van der Waals surface area contributed by atoms with Crippen LogP contribution >= 0.6 is 15.9 Å². The molecular formula is C13H19BrFN2NaO5S. The molecule has 0 fully saturated rings. The van der Waals surface area contributed by atoms with Crippen LogP contribution in [0.3, 0.4) is 0 Å². The fourth-order valence-electron chi connectivity index (χ4n) is 1.54. The van der Waals surface area contributed by atoms with Gasteiger partial charge in [0.15, 0.2) is 0 Å². The van der Waals surface area contributed by atoms with Crippen LogP contribution < -0.4 is 34.9 Å². The van der Waals surface area contributed by atoms with E-state index >= 15 is 0 Å². The minimum absolute atomic E-state index is 0. The van der Waals surface area contributed by atoms with Crippen LogP contribution in [-0.2, 0) is 10.4 Å². The van der Waals surface area contributed by atoms with Crippen molar-refractivity contribution in [3.63, 3.8) is 0 Å². The molecule has 0 saturated heterocycles. The van der Waals surface area contributed by atoms with Crippen molar-refractivity contribution in [3.05, 3.63) is 35.2 Å². The SMILES string of the molecule is O=S(=O)(O)O.[CH2-][C@@](C)(CCCC)NC(=O)c1ncc(F)cc1Br.[Na+]. The van der Waals surface area contributed by atoms with E-state index in [4.69, 9.17) is 17.5 Å². The van der Waals surface area contributed by atoms with Gasteiger partial charge in [0.2, 0.25) is 0 Å². The largest absolute Gasteiger partial charge is 1.00 e. The molecule has 0 unspecified atom stereocenters. The van der Waals surface area contributed by atoms with E-state index in [1.807, 2.05) is 6.92 Å². The molecule has 1 amide bonds. The van der Waals surface area contributed by atoms with Gasteiger partial charge in [0.25, 0.3) is 5.91 Å². The first-order chi connectivity index (χ1) is 10.4. The molecule has 1 aromatic heterocycles. The quantitative estimate of drug-likeness (QED) is 0.335. The first-order valence-corrected chi connectivity index (χ1v) is 8.73. The van der Waals surface area contributed by atoms with Crippen LogP contribution in [0.2, 0.25) is 0 Å².